The van der Waals surface area contributed by atoms with E-state index in [4.69, 9.17) is 9.47 Å². The van der Waals surface area contributed by atoms with E-state index in [0.29, 0.717) is 36.0 Å². The number of hydrogen-bond donors (Lipinski definition) is 1. The first kappa shape index (κ1) is 24.3. The number of fused-ring (bicyclic) bond motifs is 1. The van der Waals surface area contributed by atoms with Crippen LogP contribution in [0.4, 0.5) is 5.69 Å². The van der Waals surface area contributed by atoms with Crippen LogP contribution >= 0.6 is 0 Å². The van der Waals surface area contributed by atoms with Gasteiger partial charge in [-0.1, -0.05) is 72.8 Å². The first-order chi connectivity index (χ1) is 17.6. The number of carbonyl (C=O) groups is 1. The lowest BCUT2D eigenvalue weighted by Crippen LogP contribution is -2.13. The molecule has 0 heterocycles. The van der Waals surface area contributed by atoms with Gasteiger partial charge in [-0.2, -0.15) is 5.26 Å². The van der Waals surface area contributed by atoms with Crippen molar-refractivity contribution in [1.29, 1.82) is 5.26 Å². The van der Waals surface area contributed by atoms with E-state index >= 15 is 0 Å². The lowest BCUT2D eigenvalue weighted by Gasteiger charge is -2.12. The summed E-state index contributed by atoms with van der Waals surface area (Å²) in [5.41, 5.74) is 3.47. The number of nitrogens with zero attached hydrogens (tertiary/aromatic N) is 1. The van der Waals surface area contributed by atoms with Crippen LogP contribution in [0.3, 0.4) is 0 Å². The molecule has 0 bridgehead atoms. The van der Waals surface area contributed by atoms with Gasteiger partial charge in [-0.05, 0) is 59.7 Å². The van der Waals surface area contributed by atoms with Gasteiger partial charge in [-0.15, -0.1) is 0 Å². The molecule has 0 fully saturated rings. The van der Waals surface area contributed by atoms with Gasteiger partial charge >= 0.3 is 0 Å². The van der Waals surface area contributed by atoms with Gasteiger partial charge in [0.25, 0.3) is 5.91 Å². The molecule has 36 heavy (non-hydrogen) atoms. The van der Waals surface area contributed by atoms with Crippen molar-refractivity contribution in [2.45, 2.75) is 13.5 Å². The molecule has 0 aliphatic heterocycles. The highest BCUT2D eigenvalue weighted by Gasteiger charge is 2.14. The molecule has 0 aliphatic rings. The third-order valence-electron chi connectivity index (χ3n) is 5.58. The Morgan fingerprint density at radius 2 is 1.72 bits per heavy atom. The van der Waals surface area contributed by atoms with Gasteiger partial charge in [0, 0.05) is 11.3 Å². The van der Waals surface area contributed by atoms with Crippen molar-refractivity contribution in [3.63, 3.8) is 0 Å². The van der Waals surface area contributed by atoms with Gasteiger partial charge in [-0.25, -0.2) is 0 Å². The second-order valence-electron chi connectivity index (χ2n) is 8.22. The number of carbonyl (C=O) groups excluding carboxylic acids is 1. The van der Waals surface area contributed by atoms with E-state index in [9.17, 15) is 10.1 Å². The Balaban J connectivity index is 1.50. The van der Waals surface area contributed by atoms with E-state index in [1.807, 2.05) is 73.7 Å². The van der Waals surface area contributed by atoms with Crippen molar-refractivity contribution in [2.24, 2.45) is 0 Å². The maximum atomic E-state index is 12.9. The predicted molar refractivity (Wildman–Crippen MR) is 144 cm³/mol. The average molecular weight is 475 g/mol. The smallest absolute Gasteiger partial charge is 0.266 e. The molecular weight excluding hydrogens is 448 g/mol. The molecule has 5 heteroatoms. The summed E-state index contributed by atoms with van der Waals surface area (Å²) in [6.45, 7) is 6.50. The second-order valence-corrected chi connectivity index (χ2v) is 8.22. The van der Waals surface area contributed by atoms with E-state index in [1.54, 1.807) is 36.4 Å². The Kier molecular flexibility index (Phi) is 7.80. The SMILES string of the molecule is C=CCOc1ccc2ccccc2c1/C=C(\C#N)C(=O)Nc1ccc(OCc2ccc(C)cc2)cc1. The molecule has 0 saturated carbocycles. The highest BCUT2D eigenvalue weighted by molar-refractivity contribution is 6.11. The summed E-state index contributed by atoms with van der Waals surface area (Å²) in [6, 6.07) is 28.8. The number of hydrogen-bond acceptors (Lipinski definition) is 4. The van der Waals surface area contributed by atoms with E-state index in [2.05, 4.69) is 11.9 Å². The Morgan fingerprint density at radius 3 is 2.44 bits per heavy atom. The quantitative estimate of drug-likeness (QED) is 0.164. The molecule has 5 nitrogen and oxygen atoms in total. The Hall–Kier alpha value is -4.82. The molecule has 0 saturated heterocycles. The minimum absolute atomic E-state index is 0.0329. The van der Waals surface area contributed by atoms with Crippen molar-refractivity contribution < 1.29 is 14.3 Å². The maximum absolute atomic E-state index is 12.9. The number of nitrogens with one attached hydrogen (secondary N) is 1. The van der Waals surface area contributed by atoms with Crippen LogP contribution in [0.25, 0.3) is 16.8 Å². The highest BCUT2D eigenvalue weighted by atomic mass is 16.5. The van der Waals surface area contributed by atoms with Crippen LogP contribution in [0.5, 0.6) is 11.5 Å². The van der Waals surface area contributed by atoms with Crippen LogP contribution in [0.1, 0.15) is 16.7 Å². The van der Waals surface area contributed by atoms with Crippen LogP contribution in [0, 0.1) is 18.3 Å². The van der Waals surface area contributed by atoms with Gasteiger partial charge in [-0.3, -0.25) is 4.79 Å². The van der Waals surface area contributed by atoms with Crippen LogP contribution in [0.15, 0.2) is 103 Å². The van der Waals surface area contributed by atoms with Crippen LogP contribution in [0.2, 0.25) is 0 Å². The van der Waals surface area contributed by atoms with Gasteiger partial charge in [0.05, 0.1) is 0 Å². The number of benzene rings is 4. The molecule has 4 aromatic carbocycles. The zero-order chi connectivity index (χ0) is 25.3. The van der Waals surface area contributed by atoms with Crippen molar-refractivity contribution in [1.82, 2.24) is 0 Å². The molecule has 4 aromatic rings. The number of rotatable bonds is 9. The normalized spacial score (nSPS) is 10.9. The van der Waals surface area contributed by atoms with Gasteiger partial charge in [0.2, 0.25) is 0 Å². The fraction of sp³-hybridized carbons (Fsp3) is 0.0968. The summed E-state index contributed by atoms with van der Waals surface area (Å²) in [5.74, 6) is 0.752. The maximum Gasteiger partial charge on any atom is 0.266 e. The van der Waals surface area contributed by atoms with Crippen LogP contribution in [-0.2, 0) is 11.4 Å². The molecule has 1 N–H and O–H groups in total. The van der Waals surface area contributed by atoms with Crippen molar-refractivity contribution in [3.05, 3.63) is 120 Å². The third-order valence-corrected chi connectivity index (χ3v) is 5.58. The van der Waals surface area contributed by atoms with Crippen LogP contribution in [-0.4, -0.2) is 12.5 Å². The van der Waals surface area contributed by atoms with Crippen molar-refractivity contribution in [3.8, 4) is 17.6 Å². The number of ether oxygens (including phenoxy) is 2. The Morgan fingerprint density at radius 1 is 0.972 bits per heavy atom. The van der Waals surface area contributed by atoms with E-state index < -0.39 is 5.91 Å². The largest absolute Gasteiger partial charge is 0.489 e. The molecule has 0 unspecified atom stereocenters. The summed E-state index contributed by atoms with van der Waals surface area (Å²) in [7, 11) is 0. The molecule has 0 atom stereocenters. The lowest BCUT2D eigenvalue weighted by molar-refractivity contribution is -0.112. The molecule has 0 spiro atoms. The molecule has 0 aliphatic carbocycles. The highest BCUT2D eigenvalue weighted by Crippen LogP contribution is 2.30. The minimum atomic E-state index is -0.506. The summed E-state index contributed by atoms with van der Waals surface area (Å²) < 4.78 is 11.6. The van der Waals surface area contributed by atoms with Crippen molar-refractivity contribution >= 4 is 28.4 Å². The number of amides is 1. The third kappa shape index (κ3) is 5.99. The van der Waals surface area contributed by atoms with Crippen LogP contribution < -0.4 is 14.8 Å². The summed E-state index contributed by atoms with van der Waals surface area (Å²) in [6.07, 6.45) is 3.21. The zero-order valence-electron chi connectivity index (χ0n) is 20.0. The van der Waals surface area contributed by atoms with E-state index in [0.717, 1.165) is 16.3 Å². The molecule has 0 radical (unpaired) electrons. The zero-order valence-corrected chi connectivity index (χ0v) is 20.0. The Bertz CT molecular complexity index is 1450. The van der Waals surface area contributed by atoms with E-state index in [-0.39, 0.29) is 5.57 Å². The fourth-order valence-corrected chi connectivity index (χ4v) is 3.68. The van der Waals surface area contributed by atoms with E-state index in [1.165, 1.54) is 5.56 Å². The van der Waals surface area contributed by atoms with Gasteiger partial charge < -0.3 is 14.8 Å². The molecule has 0 aromatic heterocycles. The first-order valence-corrected chi connectivity index (χ1v) is 11.5. The fourth-order valence-electron chi connectivity index (χ4n) is 3.68. The van der Waals surface area contributed by atoms with Crippen molar-refractivity contribution in [2.75, 3.05) is 11.9 Å². The molecular formula is C31H26N2O3. The lowest BCUT2D eigenvalue weighted by atomic mass is 10.0. The minimum Gasteiger partial charge on any atom is -0.489 e. The average Bonchev–Trinajstić information content (AvgIpc) is 2.91. The summed E-state index contributed by atoms with van der Waals surface area (Å²) in [4.78, 5) is 12.9. The monoisotopic (exact) mass is 474 g/mol. The second kappa shape index (κ2) is 11.5. The number of anilines is 1. The standard InChI is InChI=1S/C31H26N2O3/c1-3-18-35-30-17-12-24-6-4-5-7-28(24)29(30)19-25(20-32)31(34)33-26-13-15-27(16-14-26)36-21-23-10-8-22(2)9-11-23/h3-17,19H,1,18,21H2,2H3,(H,33,34)/b25-19+. The topological polar surface area (TPSA) is 71.3 Å². The molecule has 1 amide bonds. The number of aryl methyl sites for hydroxylation is 1. The predicted octanol–water partition coefficient (Wildman–Crippen LogP) is 6.84. The first-order valence-electron chi connectivity index (χ1n) is 11.5. The summed E-state index contributed by atoms with van der Waals surface area (Å²) >= 11 is 0. The van der Waals surface area contributed by atoms with Gasteiger partial charge in [0.15, 0.2) is 0 Å². The Labute approximate surface area is 210 Å². The van der Waals surface area contributed by atoms with Gasteiger partial charge in [0.1, 0.15) is 36.4 Å². The summed E-state index contributed by atoms with van der Waals surface area (Å²) in [5, 5.41) is 14.4. The number of nitriles is 1. The molecule has 178 valence electrons. The molecule has 4 rings (SSSR count).